The van der Waals surface area contributed by atoms with E-state index in [9.17, 15) is 0 Å². The standard InChI is InChI=1S/C15H21ClN4O/c1-3-19-8-4-5-11(19)10-20-13(9-16)17-12-6-7-14(21-2)18-15(12)20/h6-7,11H,3-5,8-10H2,1-2H3. The molecule has 3 rings (SSSR count). The highest BCUT2D eigenvalue weighted by molar-refractivity contribution is 6.16. The number of aromatic nitrogens is 3. The summed E-state index contributed by atoms with van der Waals surface area (Å²) in [5.74, 6) is 1.90. The van der Waals surface area contributed by atoms with Crippen LogP contribution in [0.5, 0.6) is 5.88 Å². The van der Waals surface area contributed by atoms with Crippen LogP contribution in [0, 0.1) is 0 Å². The number of nitrogens with zero attached hydrogens (tertiary/aromatic N) is 4. The monoisotopic (exact) mass is 308 g/mol. The second-order valence-electron chi connectivity index (χ2n) is 5.39. The number of likely N-dealkylation sites (N-methyl/N-ethyl adjacent to an activating group) is 1. The number of alkyl halides is 1. The molecular formula is C15H21ClN4O. The Morgan fingerprint density at radius 1 is 1.38 bits per heavy atom. The van der Waals surface area contributed by atoms with Gasteiger partial charge in [0, 0.05) is 18.7 Å². The summed E-state index contributed by atoms with van der Waals surface area (Å²) >= 11 is 6.08. The third-order valence-electron chi connectivity index (χ3n) is 4.27. The normalized spacial score (nSPS) is 19.5. The maximum absolute atomic E-state index is 6.08. The average molecular weight is 309 g/mol. The SMILES string of the molecule is CCN1CCCC1Cn1c(CCl)nc2ccc(OC)nc21. The molecule has 0 aromatic carbocycles. The highest BCUT2D eigenvalue weighted by atomic mass is 35.5. The number of ether oxygens (including phenoxy) is 1. The average Bonchev–Trinajstić information content (AvgIpc) is 3.11. The van der Waals surface area contributed by atoms with Crippen LogP contribution < -0.4 is 4.74 Å². The third-order valence-corrected chi connectivity index (χ3v) is 4.51. The van der Waals surface area contributed by atoms with E-state index in [4.69, 9.17) is 16.3 Å². The minimum atomic E-state index is 0.400. The Kier molecular flexibility index (Phi) is 4.31. The van der Waals surface area contributed by atoms with E-state index in [2.05, 4.69) is 26.4 Å². The number of pyridine rings is 1. The second kappa shape index (κ2) is 6.20. The van der Waals surface area contributed by atoms with E-state index >= 15 is 0 Å². The Balaban J connectivity index is 1.98. The Bertz CT molecular complexity index is 627. The van der Waals surface area contributed by atoms with Crippen LogP contribution in [0.25, 0.3) is 11.2 Å². The van der Waals surface area contributed by atoms with Crippen molar-refractivity contribution in [3.8, 4) is 5.88 Å². The molecule has 1 fully saturated rings. The molecule has 1 unspecified atom stereocenters. The minimum absolute atomic E-state index is 0.400. The Morgan fingerprint density at radius 2 is 2.24 bits per heavy atom. The summed E-state index contributed by atoms with van der Waals surface area (Å²) in [4.78, 5) is 11.7. The quantitative estimate of drug-likeness (QED) is 0.797. The number of methoxy groups -OCH3 is 1. The Labute approximate surface area is 129 Å². The minimum Gasteiger partial charge on any atom is -0.481 e. The number of hydrogen-bond donors (Lipinski definition) is 0. The first-order valence-electron chi connectivity index (χ1n) is 7.47. The van der Waals surface area contributed by atoms with Crippen LogP contribution in [0.2, 0.25) is 0 Å². The maximum Gasteiger partial charge on any atom is 0.215 e. The van der Waals surface area contributed by atoms with Crippen molar-refractivity contribution in [3.05, 3.63) is 18.0 Å². The van der Waals surface area contributed by atoms with Gasteiger partial charge in [0.1, 0.15) is 11.3 Å². The van der Waals surface area contributed by atoms with E-state index in [0.29, 0.717) is 17.8 Å². The van der Waals surface area contributed by atoms with Crippen LogP contribution in [0.3, 0.4) is 0 Å². The van der Waals surface area contributed by atoms with Gasteiger partial charge in [-0.05, 0) is 32.0 Å². The van der Waals surface area contributed by atoms with Crippen molar-refractivity contribution in [1.82, 2.24) is 19.4 Å². The zero-order valence-corrected chi connectivity index (χ0v) is 13.3. The van der Waals surface area contributed by atoms with Gasteiger partial charge in [0.15, 0.2) is 5.65 Å². The summed E-state index contributed by atoms with van der Waals surface area (Å²) in [5, 5.41) is 0. The van der Waals surface area contributed by atoms with Gasteiger partial charge < -0.3 is 9.30 Å². The van der Waals surface area contributed by atoms with Gasteiger partial charge in [0.25, 0.3) is 0 Å². The number of imidazole rings is 1. The van der Waals surface area contributed by atoms with E-state index < -0.39 is 0 Å². The predicted octanol–water partition coefficient (Wildman–Crippen LogP) is 2.66. The number of halogens is 1. The van der Waals surface area contributed by atoms with Crippen molar-refractivity contribution in [3.63, 3.8) is 0 Å². The molecule has 1 aliphatic rings. The van der Waals surface area contributed by atoms with Crippen LogP contribution >= 0.6 is 11.6 Å². The van der Waals surface area contributed by atoms with Gasteiger partial charge in [-0.25, -0.2) is 4.98 Å². The molecule has 0 amide bonds. The summed E-state index contributed by atoms with van der Waals surface area (Å²) in [6.07, 6.45) is 2.48. The van der Waals surface area contributed by atoms with Gasteiger partial charge >= 0.3 is 0 Å². The van der Waals surface area contributed by atoms with Gasteiger partial charge in [-0.1, -0.05) is 6.92 Å². The van der Waals surface area contributed by atoms with Crippen LogP contribution in [-0.4, -0.2) is 45.7 Å². The molecule has 0 aliphatic carbocycles. The number of likely N-dealkylation sites (tertiary alicyclic amines) is 1. The Morgan fingerprint density at radius 3 is 2.95 bits per heavy atom. The smallest absolute Gasteiger partial charge is 0.215 e. The molecule has 1 saturated heterocycles. The summed E-state index contributed by atoms with van der Waals surface area (Å²) in [7, 11) is 1.63. The van der Waals surface area contributed by atoms with Crippen LogP contribution in [0.4, 0.5) is 0 Å². The largest absolute Gasteiger partial charge is 0.481 e. The molecule has 0 spiro atoms. The van der Waals surface area contributed by atoms with E-state index in [1.54, 1.807) is 7.11 Å². The lowest BCUT2D eigenvalue weighted by Gasteiger charge is -2.23. The van der Waals surface area contributed by atoms with Crippen molar-refractivity contribution < 1.29 is 4.74 Å². The number of rotatable bonds is 5. The molecule has 0 N–H and O–H groups in total. The van der Waals surface area contributed by atoms with Crippen LogP contribution in [0.15, 0.2) is 12.1 Å². The second-order valence-corrected chi connectivity index (χ2v) is 5.66. The van der Waals surface area contributed by atoms with Crippen molar-refractivity contribution >= 4 is 22.8 Å². The zero-order valence-electron chi connectivity index (χ0n) is 12.5. The highest BCUT2D eigenvalue weighted by Gasteiger charge is 2.25. The molecule has 21 heavy (non-hydrogen) atoms. The molecule has 3 heterocycles. The highest BCUT2D eigenvalue weighted by Crippen LogP contribution is 2.24. The first-order chi connectivity index (χ1) is 10.3. The van der Waals surface area contributed by atoms with Crippen LogP contribution in [-0.2, 0) is 12.4 Å². The van der Waals surface area contributed by atoms with E-state index in [1.807, 2.05) is 12.1 Å². The number of hydrogen-bond acceptors (Lipinski definition) is 4. The molecule has 1 atom stereocenters. The molecule has 0 saturated carbocycles. The maximum atomic E-state index is 6.08. The molecule has 114 valence electrons. The molecule has 2 aromatic rings. The molecule has 0 radical (unpaired) electrons. The van der Waals surface area contributed by atoms with Gasteiger partial charge in [-0.2, -0.15) is 4.98 Å². The topological polar surface area (TPSA) is 43.2 Å². The molecule has 1 aliphatic heterocycles. The van der Waals surface area contributed by atoms with E-state index in [-0.39, 0.29) is 0 Å². The zero-order chi connectivity index (χ0) is 14.8. The summed E-state index contributed by atoms with van der Waals surface area (Å²) in [5.41, 5.74) is 1.75. The third kappa shape index (κ3) is 2.72. The molecule has 5 nitrogen and oxygen atoms in total. The lowest BCUT2D eigenvalue weighted by atomic mass is 10.2. The van der Waals surface area contributed by atoms with Crippen molar-refractivity contribution in [2.45, 2.75) is 38.2 Å². The summed E-state index contributed by atoms with van der Waals surface area (Å²) in [6.45, 7) is 5.38. The summed E-state index contributed by atoms with van der Waals surface area (Å²) in [6, 6.07) is 4.33. The molecule has 2 aromatic heterocycles. The van der Waals surface area contributed by atoms with E-state index in [1.165, 1.54) is 19.4 Å². The van der Waals surface area contributed by atoms with Crippen molar-refractivity contribution in [1.29, 1.82) is 0 Å². The fraction of sp³-hybridized carbons (Fsp3) is 0.600. The molecular weight excluding hydrogens is 288 g/mol. The van der Waals surface area contributed by atoms with Gasteiger partial charge in [0.05, 0.1) is 13.0 Å². The molecule has 0 bridgehead atoms. The first-order valence-corrected chi connectivity index (χ1v) is 8.00. The Hall–Kier alpha value is -1.33. The van der Waals surface area contributed by atoms with Crippen molar-refractivity contribution in [2.75, 3.05) is 20.2 Å². The predicted molar refractivity (Wildman–Crippen MR) is 83.9 cm³/mol. The summed E-state index contributed by atoms with van der Waals surface area (Å²) < 4.78 is 7.39. The fourth-order valence-electron chi connectivity index (χ4n) is 3.17. The fourth-order valence-corrected chi connectivity index (χ4v) is 3.37. The van der Waals surface area contributed by atoms with Gasteiger partial charge in [0.2, 0.25) is 5.88 Å². The van der Waals surface area contributed by atoms with Crippen molar-refractivity contribution in [2.24, 2.45) is 0 Å². The van der Waals surface area contributed by atoms with Crippen LogP contribution in [0.1, 0.15) is 25.6 Å². The van der Waals surface area contributed by atoms with Gasteiger partial charge in [-0.3, -0.25) is 4.90 Å². The first kappa shape index (κ1) is 14.6. The molecule has 6 heteroatoms. The lowest BCUT2D eigenvalue weighted by molar-refractivity contribution is 0.244. The number of fused-ring (bicyclic) bond motifs is 1. The lowest BCUT2D eigenvalue weighted by Crippen LogP contribution is -2.33. The van der Waals surface area contributed by atoms with E-state index in [0.717, 1.165) is 30.1 Å². The van der Waals surface area contributed by atoms with Gasteiger partial charge in [-0.15, -0.1) is 11.6 Å².